The Morgan fingerprint density at radius 2 is 1.77 bits per heavy atom. The summed E-state index contributed by atoms with van der Waals surface area (Å²) in [5.74, 6) is -0.417. The Morgan fingerprint density at radius 3 is 2.45 bits per heavy atom. The maximum atomic E-state index is 12.3. The highest BCUT2D eigenvalue weighted by Gasteiger charge is 2.35. The molecule has 0 saturated carbocycles. The fourth-order valence-corrected chi connectivity index (χ4v) is 2.62. The second kappa shape index (κ2) is 6.02. The number of para-hydroxylation sites is 1. The van der Waals surface area contributed by atoms with Gasteiger partial charge in [0, 0.05) is 24.3 Å². The smallest absolute Gasteiger partial charge is 0.229 e. The van der Waals surface area contributed by atoms with Gasteiger partial charge in [-0.1, -0.05) is 35.9 Å². The minimum absolute atomic E-state index is 0.00439. The average Bonchev–Trinajstić information content (AvgIpc) is 2.92. The first kappa shape index (κ1) is 14.3. The predicted octanol–water partition coefficient (Wildman–Crippen LogP) is 2.99. The Bertz CT molecular complexity index is 680. The van der Waals surface area contributed by atoms with Crippen molar-refractivity contribution in [1.29, 1.82) is 0 Å². The maximum Gasteiger partial charge on any atom is 0.229 e. The second-order valence-corrected chi connectivity index (χ2v) is 5.60. The molecule has 2 amide bonds. The van der Waals surface area contributed by atoms with Gasteiger partial charge in [-0.3, -0.25) is 9.59 Å². The molecule has 0 bridgehead atoms. The molecule has 0 spiro atoms. The van der Waals surface area contributed by atoms with Gasteiger partial charge >= 0.3 is 0 Å². The van der Waals surface area contributed by atoms with Gasteiger partial charge in [-0.05, 0) is 31.2 Å². The first-order valence-electron chi connectivity index (χ1n) is 7.36. The van der Waals surface area contributed by atoms with Crippen LogP contribution in [0.1, 0.15) is 12.0 Å². The summed E-state index contributed by atoms with van der Waals surface area (Å²) in [7, 11) is 0. The molecule has 4 heteroatoms. The van der Waals surface area contributed by atoms with Crippen LogP contribution in [-0.4, -0.2) is 18.4 Å². The normalized spacial score (nSPS) is 17.6. The molecule has 0 unspecified atom stereocenters. The van der Waals surface area contributed by atoms with E-state index in [-0.39, 0.29) is 24.2 Å². The van der Waals surface area contributed by atoms with Crippen LogP contribution in [-0.2, 0) is 9.59 Å². The molecule has 1 N–H and O–H groups in total. The Morgan fingerprint density at radius 1 is 1.09 bits per heavy atom. The van der Waals surface area contributed by atoms with Crippen LogP contribution in [0.5, 0.6) is 0 Å². The van der Waals surface area contributed by atoms with Gasteiger partial charge in [0.15, 0.2) is 0 Å². The Hall–Kier alpha value is -2.62. The molecule has 1 atom stereocenters. The van der Waals surface area contributed by atoms with E-state index in [1.165, 1.54) is 0 Å². The number of nitrogens with zero attached hydrogens (tertiary/aromatic N) is 1. The molecule has 1 aliphatic heterocycles. The van der Waals surface area contributed by atoms with E-state index >= 15 is 0 Å². The average molecular weight is 294 g/mol. The van der Waals surface area contributed by atoms with Crippen LogP contribution in [0.3, 0.4) is 0 Å². The molecule has 1 fully saturated rings. The molecule has 1 aliphatic rings. The van der Waals surface area contributed by atoms with Crippen molar-refractivity contribution in [2.24, 2.45) is 5.92 Å². The summed E-state index contributed by atoms with van der Waals surface area (Å²) in [5.41, 5.74) is 2.75. The van der Waals surface area contributed by atoms with Gasteiger partial charge in [0.1, 0.15) is 0 Å². The van der Waals surface area contributed by atoms with E-state index < -0.39 is 0 Å². The van der Waals surface area contributed by atoms with Gasteiger partial charge in [0.05, 0.1) is 5.92 Å². The standard InChI is InChI=1S/C18H18N2O2/c1-13-7-9-15(10-8-13)19-18(22)14-11-17(21)20(12-14)16-5-3-2-4-6-16/h2-10,14H,11-12H2,1H3,(H,19,22)/t14-/m1/s1. The van der Waals surface area contributed by atoms with E-state index in [1.807, 2.05) is 61.5 Å². The molecule has 2 aromatic carbocycles. The molecule has 0 radical (unpaired) electrons. The van der Waals surface area contributed by atoms with Crippen LogP contribution in [0.15, 0.2) is 54.6 Å². The van der Waals surface area contributed by atoms with Crippen LogP contribution in [0, 0.1) is 12.8 Å². The molecule has 22 heavy (non-hydrogen) atoms. The number of nitrogens with one attached hydrogen (secondary N) is 1. The van der Waals surface area contributed by atoms with Crippen molar-refractivity contribution in [1.82, 2.24) is 0 Å². The highest BCUT2D eigenvalue weighted by Crippen LogP contribution is 2.25. The summed E-state index contributed by atoms with van der Waals surface area (Å²) in [6, 6.07) is 17.1. The predicted molar refractivity (Wildman–Crippen MR) is 86.7 cm³/mol. The molecule has 1 heterocycles. The SMILES string of the molecule is Cc1ccc(NC(=O)[C@@H]2CC(=O)N(c3ccccc3)C2)cc1. The van der Waals surface area contributed by atoms with Gasteiger partial charge in [-0.25, -0.2) is 0 Å². The number of anilines is 2. The number of hydrogen-bond acceptors (Lipinski definition) is 2. The largest absolute Gasteiger partial charge is 0.326 e. The minimum Gasteiger partial charge on any atom is -0.326 e. The summed E-state index contributed by atoms with van der Waals surface area (Å²) in [6.45, 7) is 2.43. The molecule has 1 saturated heterocycles. The summed E-state index contributed by atoms with van der Waals surface area (Å²) in [4.78, 5) is 26.1. The zero-order valence-corrected chi connectivity index (χ0v) is 12.5. The Balaban J connectivity index is 1.67. The van der Waals surface area contributed by atoms with Gasteiger partial charge in [-0.15, -0.1) is 0 Å². The van der Waals surface area contributed by atoms with E-state index in [4.69, 9.17) is 0 Å². The fraction of sp³-hybridized carbons (Fsp3) is 0.222. The van der Waals surface area contributed by atoms with E-state index in [9.17, 15) is 9.59 Å². The van der Waals surface area contributed by atoms with Crippen molar-refractivity contribution in [3.05, 3.63) is 60.2 Å². The lowest BCUT2D eigenvalue weighted by atomic mass is 10.1. The number of aryl methyl sites for hydroxylation is 1. The van der Waals surface area contributed by atoms with E-state index in [0.29, 0.717) is 6.54 Å². The van der Waals surface area contributed by atoms with Crippen molar-refractivity contribution in [3.8, 4) is 0 Å². The van der Waals surface area contributed by atoms with Crippen LogP contribution in [0.4, 0.5) is 11.4 Å². The number of amides is 2. The number of benzene rings is 2. The number of rotatable bonds is 3. The minimum atomic E-state index is -0.311. The van der Waals surface area contributed by atoms with E-state index in [1.54, 1.807) is 4.90 Å². The monoisotopic (exact) mass is 294 g/mol. The van der Waals surface area contributed by atoms with Crippen LogP contribution in [0.2, 0.25) is 0 Å². The lowest BCUT2D eigenvalue weighted by Crippen LogP contribution is -2.28. The number of carbonyl (C=O) groups is 2. The number of hydrogen-bond donors (Lipinski definition) is 1. The van der Waals surface area contributed by atoms with Crippen LogP contribution >= 0.6 is 0 Å². The van der Waals surface area contributed by atoms with Crippen molar-refractivity contribution in [2.45, 2.75) is 13.3 Å². The molecule has 0 aromatic heterocycles. The molecular weight excluding hydrogens is 276 g/mol. The Kier molecular flexibility index (Phi) is 3.92. The third kappa shape index (κ3) is 3.01. The molecule has 0 aliphatic carbocycles. The van der Waals surface area contributed by atoms with Gasteiger partial charge in [0.25, 0.3) is 0 Å². The fourth-order valence-electron chi connectivity index (χ4n) is 2.62. The maximum absolute atomic E-state index is 12.3. The highest BCUT2D eigenvalue weighted by molar-refractivity contribution is 6.03. The van der Waals surface area contributed by atoms with Crippen molar-refractivity contribution in [2.75, 3.05) is 16.8 Å². The summed E-state index contributed by atoms with van der Waals surface area (Å²) in [6.07, 6.45) is 0.257. The third-order valence-corrected chi connectivity index (χ3v) is 3.88. The lowest BCUT2D eigenvalue weighted by molar-refractivity contribution is -0.122. The molecule has 4 nitrogen and oxygen atoms in total. The van der Waals surface area contributed by atoms with Crippen molar-refractivity contribution >= 4 is 23.2 Å². The quantitative estimate of drug-likeness (QED) is 0.946. The van der Waals surface area contributed by atoms with Gasteiger partial charge in [0.2, 0.25) is 11.8 Å². The summed E-state index contributed by atoms with van der Waals surface area (Å²) >= 11 is 0. The summed E-state index contributed by atoms with van der Waals surface area (Å²) < 4.78 is 0. The van der Waals surface area contributed by atoms with E-state index in [0.717, 1.165) is 16.9 Å². The van der Waals surface area contributed by atoms with Gasteiger partial charge in [-0.2, -0.15) is 0 Å². The highest BCUT2D eigenvalue weighted by atomic mass is 16.2. The van der Waals surface area contributed by atoms with Crippen LogP contribution < -0.4 is 10.2 Å². The first-order chi connectivity index (χ1) is 10.6. The Labute approximate surface area is 129 Å². The summed E-state index contributed by atoms with van der Waals surface area (Å²) in [5, 5.41) is 2.89. The third-order valence-electron chi connectivity index (χ3n) is 3.88. The number of carbonyl (C=O) groups excluding carboxylic acids is 2. The molecule has 3 rings (SSSR count). The van der Waals surface area contributed by atoms with E-state index in [2.05, 4.69) is 5.32 Å². The molecular formula is C18H18N2O2. The van der Waals surface area contributed by atoms with Crippen molar-refractivity contribution in [3.63, 3.8) is 0 Å². The second-order valence-electron chi connectivity index (χ2n) is 5.60. The van der Waals surface area contributed by atoms with Gasteiger partial charge < -0.3 is 10.2 Å². The van der Waals surface area contributed by atoms with Crippen molar-refractivity contribution < 1.29 is 9.59 Å². The molecule has 112 valence electrons. The molecule has 2 aromatic rings. The van der Waals surface area contributed by atoms with Crippen LogP contribution in [0.25, 0.3) is 0 Å². The zero-order chi connectivity index (χ0) is 15.5. The zero-order valence-electron chi connectivity index (χ0n) is 12.5. The first-order valence-corrected chi connectivity index (χ1v) is 7.36. The lowest BCUT2D eigenvalue weighted by Gasteiger charge is -2.16. The topological polar surface area (TPSA) is 49.4 Å².